The van der Waals surface area contributed by atoms with Gasteiger partial charge in [0.05, 0.1) is 5.56 Å². The number of hydrogen-bond donors (Lipinski definition) is 3. The number of aliphatic hydroxyl groups is 1. The lowest BCUT2D eigenvalue weighted by molar-refractivity contribution is 0.262. The molecular formula is C13H20N4O. The van der Waals surface area contributed by atoms with Crippen LogP contribution in [-0.2, 0) is 0 Å². The molecule has 1 saturated heterocycles. The Morgan fingerprint density at radius 1 is 1.56 bits per heavy atom. The summed E-state index contributed by atoms with van der Waals surface area (Å²) in [5, 5.41) is 16.8. The summed E-state index contributed by atoms with van der Waals surface area (Å²) in [7, 11) is 0. The number of pyridine rings is 1. The number of hydrogen-bond acceptors (Lipinski definition) is 4. The Morgan fingerprint density at radius 2 is 2.39 bits per heavy atom. The Labute approximate surface area is 107 Å². The van der Waals surface area contributed by atoms with Crippen LogP contribution < -0.4 is 10.6 Å². The van der Waals surface area contributed by atoms with Crippen molar-refractivity contribution in [2.45, 2.75) is 31.7 Å². The molecule has 0 saturated carbocycles. The van der Waals surface area contributed by atoms with Gasteiger partial charge in [0.1, 0.15) is 11.7 Å². The van der Waals surface area contributed by atoms with Gasteiger partial charge in [0.25, 0.3) is 0 Å². The smallest absolute Gasteiger partial charge is 0.139 e. The normalized spacial score (nSPS) is 19.8. The number of nitrogen functional groups attached to an aromatic ring is 1. The number of piperidine rings is 1. The average Bonchev–Trinajstić information content (AvgIpc) is 2.40. The van der Waals surface area contributed by atoms with Gasteiger partial charge >= 0.3 is 0 Å². The summed E-state index contributed by atoms with van der Waals surface area (Å²) in [4.78, 5) is 6.57. The zero-order chi connectivity index (χ0) is 13.0. The molecule has 0 spiro atoms. The highest BCUT2D eigenvalue weighted by molar-refractivity contribution is 5.99. The second kappa shape index (κ2) is 5.82. The molecule has 2 rings (SSSR count). The van der Waals surface area contributed by atoms with Crippen LogP contribution >= 0.6 is 0 Å². The quantitative estimate of drug-likeness (QED) is 0.550. The third kappa shape index (κ3) is 2.61. The topological polar surface area (TPSA) is 86.2 Å². The third-order valence-corrected chi connectivity index (χ3v) is 3.44. The third-order valence-electron chi connectivity index (χ3n) is 3.44. The van der Waals surface area contributed by atoms with Gasteiger partial charge in [0.2, 0.25) is 0 Å². The fourth-order valence-corrected chi connectivity index (χ4v) is 2.56. The van der Waals surface area contributed by atoms with Gasteiger partial charge in [-0.3, -0.25) is 5.41 Å². The van der Waals surface area contributed by atoms with Crippen molar-refractivity contribution in [2.24, 2.45) is 5.73 Å². The van der Waals surface area contributed by atoms with E-state index in [9.17, 15) is 0 Å². The Hall–Kier alpha value is -1.62. The Balaban J connectivity index is 2.30. The lowest BCUT2D eigenvalue weighted by Gasteiger charge is -2.37. The van der Waals surface area contributed by atoms with Crippen molar-refractivity contribution in [1.82, 2.24) is 4.98 Å². The largest absolute Gasteiger partial charge is 0.396 e. The number of aliphatic hydroxyl groups excluding tert-OH is 1. The predicted octanol–water partition coefficient (Wildman–Crippen LogP) is 1.11. The van der Waals surface area contributed by atoms with E-state index in [2.05, 4.69) is 9.88 Å². The first kappa shape index (κ1) is 12.8. The minimum Gasteiger partial charge on any atom is -0.396 e. The van der Waals surface area contributed by atoms with Crippen LogP contribution in [0.1, 0.15) is 31.2 Å². The summed E-state index contributed by atoms with van der Waals surface area (Å²) >= 11 is 0. The second-order valence-corrected chi connectivity index (χ2v) is 4.64. The standard InChI is InChI=1S/C13H20N4O/c14-12(15)11-5-3-7-16-13(11)17-8-2-1-4-10(17)6-9-18/h3,5,7,10,18H,1-2,4,6,8-9H2,(H3,14,15). The molecule has 1 aromatic heterocycles. The summed E-state index contributed by atoms with van der Waals surface area (Å²) in [5.41, 5.74) is 6.29. The molecule has 18 heavy (non-hydrogen) atoms. The highest BCUT2D eigenvalue weighted by Gasteiger charge is 2.25. The molecule has 1 atom stereocenters. The van der Waals surface area contributed by atoms with Gasteiger partial charge in [0.15, 0.2) is 0 Å². The Kier molecular flexibility index (Phi) is 4.15. The van der Waals surface area contributed by atoms with Crippen molar-refractivity contribution >= 4 is 11.7 Å². The van der Waals surface area contributed by atoms with Gasteiger partial charge in [0, 0.05) is 25.4 Å². The molecule has 0 radical (unpaired) electrons. The summed E-state index contributed by atoms with van der Waals surface area (Å²) in [6, 6.07) is 3.93. The molecule has 1 aliphatic rings. The fraction of sp³-hybridized carbons (Fsp3) is 0.538. The first-order chi connectivity index (χ1) is 8.74. The molecule has 1 fully saturated rings. The van der Waals surface area contributed by atoms with E-state index in [1.807, 2.05) is 6.07 Å². The molecule has 1 aromatic rings. The molecule has 98 valence electrons. The first-order valence-corrected chi connectivity index (χ1v) is 6.41. The van der Waals surface area contributed by atoms with Gasteiger partial charge < -0.3 is 15.7 Å². The highest BCUT2D eigenvalue weighted by Crippen LogP contribution is 2.27. The predicted molar refractivity (Wildman–Crippen MR) is 71.9 cm³/mol. The van der Waals surface area contributed by atoms with Crippen LogP contribution in [0.3, 0.4) is 0 Å². The summed E-state index contributed by atoms with van der Waals surface area (Å²) in [5.74, 6) is 0.828. The van der Waals surface area contributed by atoms with Crippen LogP contribution in [0.5, 0.6) is 0 Å². The maximum atomic E-state index is 9.15. The number of rotatable bonds is 4. The van der Waals surface area contributed by atoms with Gasteiger partial charge in [-0.1, -0.05) is 0 Å². The molecular weight excluding hydrogens is 228 g/mol. The minimum atomic E-state index is 0.0476. The summed E-state index contributed by atoms with van der Waals surface area (Å²) < 4.78 is 0. The van der Waals surface area contributed by atoms with Crippen molar-refractivity contribution in [2.75, 3.05) is 18.1 Å². The van der Waals surface area contributed by atoms with Crippen LogP contribution in [0.2, 0.25) is 0 Å². The van der Waals surface area contributed by atoms with Crippen molar-refractivity contribution in [3.8, 4) is 0 Å². The van der Waals surface area contributed by atoms with Crippen molar-refractivity contribution in [1.29, 1.82) is 5.41 Å². The molecule has 0 amide bonds. The van der Waals surface area contributed by atoms with Gasteiger partial charge in [-0.15, -0.1) is 0 Å². The van der Waals surface area contributed by atoms with E-state index in [0.717, 1.165) is 31.6 Å². The van der Waals surface area contributed by atoms with Gasteiger partial charge in [-0.05, 0) is 37.8 Å². The summed E-state index contributed by atoms with van der Waals surface area (Å²) in [6.45, 7) is 1.10. The average molecular weight is 248 g/mol. The van der Waals surface area contributed by atoms with E-state index >= 15 is 0 Å². The molecule has 0 aliphatic carbocycles. The molecule has 1 unspecified atom stereocenters. The van der Waals surface area contributed by atoms with E-state index in [0.29, 0.717) is 11.6 Å². The maximum absolute atomic E-state index is 9.15. The SMILES string of the molecule is N=C(N)c1cccnc1N1CCCCC1CCO. The van der Waals surface area contributed by atoms with E-state index in [4.69, 9.17) is 16.2 Å². The molecule has 4 N–H and O–H groups in total. The number of nitrogens with zero attached hydrogens (tertiary/aromatic N) is 2. The van der Waals surface area contributed by atoms with Crippen LogP contribution in [-0.4, -0.2) is 35.1 Å². The van der Waals surface area contributed by atoms with E-state index < -0.39 is 0 Å². The van der Waals surface area contributed by atoms with Gasteiger partial charge in [-0.25, -0.2) is 4.98 Å². The van der Waals surface area contributed by atoms with Crippen LogP contribution in [0.15, 0.2) is 18.3 Å². The summed E-state index contributed by atoms with van der Waals surface area (Å²) in [6.07, 6.45) is 5.84. The number of nitrogens with one attached hydrogen (secondary N) is 1. The van der Waals surface area contributed by atoms with E-state index in [1.165, 1.54) is 6.42 Å². The highest BCUT2D eigenvalue weighted by atomic mass is 16.3. The molecule has 2 heterocycles. The molecule has 5 nitrogen and oxygen atoms in total. The van der Waals surface area contributed by atoms with Gasteiger partial charge in [-0.2, -0.15) is 0 Å². The molecule has 0 aromatic carbocycles. The fourth-order valence-electron chi connectivity index (χ4n) is 2.56. The molecule has 5 heteroatoms. The number of anilines is 1. The maximum Gasteiger partial charge on any atom is 0.139 e. The first-order valence-electron chi connectivity index (χ1n) is 6.41. The number of nitrogens with two attached hydrogens (primary N) is 1. The second-order valence-electron chi connectivity index (χ2n) is 4.64. The monoisotopic (exact) mass is 248 g/mol. The lowest BCUT2D eigenvalue weighted by atomic mass is 9.99. The number of aromatic nitrogens is 1. The molecule has 1 aliphatic heterocycles. The van der Waals surface area contributed by atoms with Crippen molar-refractivity contribution < 1.29 is 5.11 Å². The molecule has 0 bridgehead atoms. The van der Waals surface area contributed by atoms with Crippen molar-refractivity contribution in [3.63, 3.8) is 0 Å². The zero-order valence-corrected chi connectivity index (χ0v) is 10.5. The lowest BCUT2D eigenvalue weighted by Crippen LogP contribution is -2.41. The minimum absolute atomic E-state index is 0.0476. The Morgan fingerprint density at radius 3 is 3.11 bits per heavy atom. The van der Waals surface area contributed by atoms with Crippen LogP contribution in [0, 0.1) is 5.41 Å². The zero-order valence-electron chi connectivity index (χ0n) is 10.5. The van der Waals surface area contributed by atoms with E-state index in [1.54, 1.807) is 12.3 Å². The Bertz CT molecular complexity index is 419. The van der Waals surface area contributed by atoms with Crippen molar-refractivity contribution in [3.05, 3.63) is 23.9 Å². The van der Waals surface area contributed by atoms with E-state index in [-0.39, 0.29) is 12.4 Å². The van der Waals surface area contributed by atoms with Crippen LogP contribution in [0.25, 0.3) is 0 Å². The number of amidine groups is 1. The van der Waals surface area contributed by atoms with Crippen LogP contribution in [0.4, 0.5) is 5.82 Å².